The number of hydrogen-bond donors (Lipinski definition) is 1. The molecule has 18 heavy (non-hydrogen) atoms. The van der Waals surface area contributed by atoms with Crippen LogP contribution in [0.15, 0.2) is 24.3 Å². The van der Waals surface area contributed by atoms with Crippen molar-refractivity contribution in [2.45, 2.75) is 33.0 Å². The van der Waals surface area contributed by atoms with Gasteiger partial charge in [-0.25, -0.2) is 0 Å². The molecular formula is C13H17NO4. The fourth-order valence-electron chi connectivity index (χ4n) is 1.36. The summed E-state index contributed by atoms with van der Waals surface area (Å²) in [5, 5.41) is 0. The van der Waals surface area contributed by atoms with Crippen LogP contribution < -0.4 is 10.5 Å². The average molecular weight is 251 g/mol. The SMILES string of the molecule is CCCC(=O)OC(C)Oc1ccc(C(N)=O)cc1. The number of rotatable bonds is 6. The van der Waals surface area contributed by atoms with E-state index in [2.05, 4.69) is 0 Å². The van der Waals surface area contributed by atoms with Crippen molar-refractivity contribution in [3.8, 4) is 5.75 Å². The fourth-order valence-corrected chi connectivity index (χ4v) is 1.36. The van der Waals surface area contributed by atoms with Gasteiger partial charge >= 0.3 is 5.97 Å². The predicted molar refractivity (Wildman–Crippen MR) is 66.0 cm³/mol. The summed E-state index contributed by atoms with van der Waals surface area (Å²) in [5.74, 6) is -0.278. The van der Waals surface area contributed by atoms with Gasteiger partial charge < -0.3 is 15.2 Å². The molecule has 0 aliphatic rings. The molecule has 1 aromatic rings. The number of benzene rings is 1. The van der Waals surface area contributed by atoms with E-state index in [-0.39, 0.29) is 5.97 Å². The third kappa shape index (κ3) is 4.45. The van der Waals surface area contributed by atoms with Gasteiger partial charge in [0, 0.05) is 18.9 Å². The van der Waals surface area contributed by atoms with Crippen molar-refractivity contribution in [2.75, 3.05) is 0 Å². The molecule has 1 aromatic carbocycles. The first-order valence-electron chi connectivity index (χ1n) is 5.79. The molecule has 0 saturated carbocycles. The zero-order valence-electron chi connectivity index (χ0n) is 10.5. The molecule has 5 heteroatoms. The molecule has 5 nitrogen and oxygen atoms in total. The van der Waals surface area contributed by atoms with E-state index < -0.39 is 12.2 Å². The Morgan fingerprint density at radius 1 is 1.28 bits per heavy atom. The molecule has 0 heterocycles. The van der Waals surface area contributed by atoms with Crippen LogP contribution in [0.4, 0.5) is 0 Å². The molecule has 1 rings (SSSR count). The Morgan fingerprint density at radius 3 is 2.39 bits per heavy atom. The highest BCUT2D eigenvalue weighted by Crippen LogP contribution is 2.14. The van der Waals surface area contributed by atoms with Crippen LogP contribution in [0.5, 0.6) is 5.75 Å². The molecule has 0 radical (unpaired) electrons. The van der Waals surface area contributed by atoms with E-state index in [4.69, 9.17) is 15.2 Å². The number of nitrogens with two attached hydrogens (primary N) is 1. The molecule has 0 fully saturated rings. The lowest BCUT2D eigenvalue weighted by Crippen LogP contribution is -2.20. The maximum absolute atomic E-state index is 11.2. The number of primary amides is 1. The van der Waals surface area contributed by atoms with Crippen molar-refractivity contribution in [3.05, 3.63) is 29.8 Å². The number of esters is 1. The average Bonchev–Trinajstić information content (AvgIpc) is 2.29. The van der Waals surface area contributed by atoms with Crippen LogP contribution in [0.25, 0.3) is 0 Å². The van der Waals surface area contributed by atoms with Crippen molar-refractivity contribution in [2.24, 2.45) is 5.73 Å². The highest BCUT2D eigenvalue weighted by Gasteiger charge is 2.10. The van der Waals surface area contributed by atoms with Crippen LogP contribution in [0.3, 0.4) is 0 Å². The molecule has 0 aromatic heterocycles. The van der Waals surface area contributed by atoms with Gasteiger partial charge in [0.2, 0.25) is 12.2 Å². The van der Waals surface area contributed by atoms with Crippen LogP contribution in [0.2, 0.25) is 0 Å². The first kappa shape index (κ1) is 14.0. The largest absolute Gasteiger partial charge is 0.455 e. The predicted octanol–water partition coefficient (Wildman–Crippen LogP) is 1.85. The molecule has 0 bridgehead atoms. The summed E-state index contributed by atoms with van der Waals surface area (Å²) in [6.45, 7) is 3.53. The maximum Gasteiger partial charge on any atom is 0.308 e. The highest BCUT2D eigenvalue weighted by molar-refractivity contribution is 5.92. The lowest BCUT2D eigenvalue weighted by Gasteiger charge is -2.15. The molecule has 98 valence electrons. The minimum atomic E-state index is -0.663. The number of amides is 1. The molecule has 1 unspecified atom stereocenters. The summed E-state index contributed by atoms with van der Waals surface area (Å²) < 4.78 is 10.4. The number of hydrogen-bond acceptors (Lipinski definition) is 4. The van der Waals surface area contributed by atoms with E-state index in [1.165, 1.54) is 0 Å². The van der Waals surface area contributed by atoms with Crippen molar-refractivity contribution in [3.63, 3.8) is 0 Å². The quantitative estimate of drug-likeness (QED) is 0.618. The lowest BCUT2D eigenvalue weighted by atomic mass is 10.2. The van der Waals surface area contributed by atoms with Crippen LogP contribution >= 0.6 is 0 Å². The van der Waals surface area contributed by atoms with Gasteiger partial charge in [-0.3, -0.25) is 9.59 Å². The molecule has 0 saturated heterocycles. The summed E-state index contributed by atoms with van der Waals surface area (Å²) in [7, 11) is 0. The van der Waals surface area contributed by atoms with Crippen molar-refractivity contribution in [1.82, 2.24) is 0 Å². The van der Waals surface area contributed by atoms with Crippen LogP contribution in [-0.4, -0.2) is 18.2 Å². The van der Waals surface area contributed by atoms with E-state index in [1.54, 1.807) is 31.2 Å². The number of ether oxygens (including phenoxy) is 2. The van der Waals surface area contributed by atoms with Crippen LogP contribution in [0.1, 0.15) is 37.0 Å². The van der Waals surface area contributed by atoms with E-state index in [0.717, 1.165) is 6.42 Å². The summed E-state index contributed by atoms with van der Waals surface area (Å²) in [4.78, 5) is 22.1. The molecule has 1 atom stereocenters. The van der Waals surface area contributed by atoms with Crippen molar-refractivity contribution >= 4 is 11.9 Å². The summed E-state index contributed by atoms with van der Waals surface area (Å²) in [6.07, 6.45) is 0.441. The van der Waals surface area contributed by atoms with Gasteiger partial charge in [-0.05, 0) is 30.7 Å². The van der Waals surface area contributed by atoms with E-state index in [9.17, 15) is 9.59 Å². The van der Waals surface area contributed by atoms with Crippen LogP contribution in [0, 0.1) is 0 Å². The molecule has 0 spiro atoms. The van der Waals surface area contributed by atoms with Crippen molar-refractivity contribution < 1.29 is 19.1 Å². The maximum atomic E-state index is 11.2. The van der Waals surface area contributed by atoms with Gasteiger partial charge in [-0.15, -0.1) is 0 Å². The summed E-state index contributed by atoms with van der Waals surface area (Å²) in [6, 6.07) is 6.31. The zero-order valence-corrected chi connectivity index (χ0v) is 10.5. The van der Waals surface area contributed by atoms with Gasteiger partial charge in [0.25, 0.3) is 0 Å². The zero-order chi connectivity index (χ0) is 13.5. The van der Waals surface area contributed by atoms with E-state index in [1.807, 2.05) is 6.92 Å². The number of carbonyl (C=O) groups excluding carboxylic acids is 2. The second-order valence-electron chi connectivity index (χ2n) is 3.81. The Balaban J connectivity index is 2.51. The fraction of sp³-hybridized carbons (Fsp3) is 0.385. The smallest absolute Gasteiger partial charge is 0.308 e. The summed E-state index contributed by atoms with van der Waals surface area (Å²) in [5.41, 5.74) is 5.52. The molecular weight excluding hydrogens is 234 g/mol. The topological polar surface area (TPSA) is 78.6 Å². The highest BCUT2D eigenvalue weighted by atomic mass is 16.7. The van der Waals surface area contributed by atoms with E-state index in [0.29, 0.717) is 17.7 Å². The van der Waals surface area contributed by atoms with Gasteiger partial charge in [0.15, 0.2) is 0 Å². The Bertz CT molecular complexity index is 414. The molecule has 1 amide bonds. The molecule has 0 aliphatic carbocycles. The lowest BCUT2D eigenvalue weighted by molar-refractivity contribution is -0.161. The van der Waals surface area contributed by atoms with Crippen molar-refractivity contribution in [1.29, 1.82) is 0 Å². The second kappa shape index (κ2) is 6.64. The molecule has 2 N–H and O–H groups in total. The Labute approximate surface area is 106 Å². The van der Waals surface area contributed by atoms with Gasteiger partial charge in [0.05, 0.1) is 0 Å². The van der Waals surface area contributed by atoms with Gasteiger partial charge in [-0.1, -0.05) is 6.92 Å². The Morgan fingerprint density at radius 2 is 1.89 bits per heavy atom. The normalized spacial score (nSPS) is 11.7. The first-order chi connectivity index (χ1) is 8.52. The summed E-state index contributed by atoms with van der Waals surface area (Å²) >= 11 is 0. The molecule has 0 aliphatic heterocycles. The third-order valence-corrected chi connectivity index (χ3v) is 2.19. The Hall–Kier alpha value is -2.04. The third-order valence-electron chi connectivity index (χ3n) is 2.19. The first-order valence-corrected chi connectivity index (χ1v) is 5.79. The van der Waals surface area contributed by atoms with Crippen LogP contribution in [-0.2, 0) is 9.53 Å². The van der Waals surface area contributed by atoms with E-state index >= 15 is 0 Å². The number of carbonyl (C=O) groups is 2. The Kier molecular flexibility index (Phi) is 5.17. The van der Waals surface area contributed by atoms with Gasteiger partial charge in [-0.2, -0.15) is 0 Å². The monoisotopic (exact) mass is 251 g/mol. The second-order valence-corrected chi connectivity index (χ2v) is 3.81. The minimum absolute atomic E-state index is 0.293. The van der Waals surface area contributed by atoms with Gasteiger partial charge in [0.1, 0.15) is 5.75 Å². The minimum Gasteiger partial charge on any atom is -0.455 e. The standard InChI is InChI=1S/C13H17NO4/c1-3-4-12(15)18-9(2)17-11-7-5-10(6-8-11)13(14)16/h5-9H,3-4H2,1-2H3,(H2,14,16).